The van der Waals surface area contributed by atoms with Gasteiger partial charge in [0, 0.05) is 23.1 Å². The molecule has 1 aliphatic rings. The van der Waals surface area contributed by atoms with Crippen LogP contribution in [0.4, 0.5) is 0 Å². The largest absolute Gasteiger partial charge is 0.298 e. The highest BCUT2D eigenvalue weighted by Crippen LogP contribution is 2.39. The van der Waals surface area contributed by atoms with Gasteiger partial charge in [-0.15, -0.1) is 10.2 Å². The molecule has 0 radical (unpaired) electrons. The lowest BCUT2D eigenvalue weighted by Crippen LogP contribution is -2.15. The zero-order chi connectivity index (χ0) is 12.8. The second-order valence-corrected chi connectivity index (χ2v) is 8.13. The quantitative estimate of drug-likeness (QED) is 0.794. The maximum absolute atomic E-state index is 11.4. The van der Waals surface area contributed by atoms with Crippen LogP contribution in [0.25, 0.3) is 0 Å². The average molecular weight is 278 g/mol. The predicted octanol–water partition coefficient (Wildman–Crippen LogP) is 2.13. The monoisotopic (exact) mass is 277 g/mol. The number of aromatic nitrogens is 3. The predicted molar refractivity (Wildman–Crippen MR) is 64.5 cm³/mol. The molecule has 0 aromatic carbocycles. The van der Waals surface area contributed by atoms with Gasteiger partial charge in [-0.2, -0.15) is 0 Å². The van der Waals surface area contributed by atoms with Gasteiger partial charge in [-0.1, -0.05) is 20.8 Å². The van der Waals surface area contributed by atoms with Gasteiger partial charge in [0.2, 0.25) is 0 Å². The molecule has 2 rings (SSSR count). The fraction of sp³-hybridized carbons (Fsp3) is 0.800. The summed E-state index contributed by atoms with van der Waals surface area (Å²) in [6.07, 6.45) is 2.62. The molecule has 1 saturated carbocycles. The molecule has 0 aliphatic heterocycles. The van der Waals surface area contributed by atoms with E-state index in [2.05, 4.69) is 31.0 Å². The minimum Gasteiger partial charge on any atom is -0.298 e. The van der Waals surface area contributed by atoms with E-state index in [0.717, 1.165) is 12.8 Å². The summed E-state index contributed by atoms with van der Waals surface area (Å²) in [4.78, 5) is 0. The van der Waals surface area contributed by atoms with Crippen molar-refractivity contribution in [1.82, 2.24) is 14.8 Å². The van der Waals surface area contributed by atoms with Crippen LogP contribution in [0.1, 0.15) is 45.5 Å². The highest BCUT2D eigenvalue weighted by molar-refractivity contribution is 8.13. The van der Waals surface area contributed by atoms with E-state index >= 15 is 0 Å². The Bertz CT molecular complexity index is 526. The molecule has 1 heterocycles. The van der Waals surface area contributed by atoms with Crippen LogP contribution in [0.5, 0.6) is 0 Å². The lowest BCUT2D eigenvalue weighted by molar-refractivity contribution is 0.388. The molecule has 0 unspecified atom stereocenters. The minimum atomic E-state index is -3.81. The van der Waals surface area contributed by atoms with Gasteiger partial charge in [0.05, 0.1) is 0 Å². The standard InChI is InChI=1S/C10H16ClN3O2S/c1-10(2,3)6-8-12-13-9(17(11,15)16)14(8)7-4-5-7/h7H,4-6H2,1-3H3. The van der Waals surface area contributed by atoms with Gasteiger partial charge in [-0.3, -0.25) is 4.57 Å². The Morgan fingerprint density at radius 1 is 1.35 bits per heavy atom. The van der Waals surface area contributed by atoms with Crippen LogP contribution in [-0.2, 0) is 15.5 Å². The van der Waals surface area contributed by atoms with Crippen LogP contribution in [0.15, 0.2) is 5.16 Å². The third-order valence-electron chi connectivity index (χ3n) is 2.55. The van der Waals surface area contributed by atoms with E-state index in [4.69, 9.17) is 10.7 Å². The Morgan fingerprint density at radius 2 is 1.94 bits per heavy atom. The van der Waals surface area contributed by atoms with E-state index in [1.165, 1.54) is 0 Å². The van der Waals surface area contributed by atoms with Crippen molar-refractivity contribution in [3.05, 3.63) is 5.82 Å². The van der Waals surface area contributed by atoms with Gasteiger partial charge in [0.1, 0.15) is 5.82 Å². The van der Waals surface area contributed by atoms with Crippen molar-refractivity contribution in [3.8, 4) is 0 Å². The molecule has 0 amide bonds. The van der Waals surface area contributed by atoms with E-state index in [0.29, 0.717) is 12.2 Å². The van der Waals surface area contributed by atoms with Crippen LogP contribution in [0.2, 0.25) is 0 Å². The number of hydrogen-bond donors (Lipinski definition) is 0. The first-order valence-corrected chi connectivity index (χ1v) is 7.88. The van der Waals surface area contributed by atoms with Crippen molar-refractivity contribution >= 4 is 19.7 Å². The fourth-order valence-corrected chi connectivity index (χ4v) is 2.71. The summed E-state index contributed by atoms with van der Waals surface area (Å²) in [6.45, 7) is 6.23. The highest BCUT2D eigenvalue weighted by Gasteiger charge is 2.34. The lowest BCUT2D eigenvalue weighted by Gasteiger charge is -2.18. The van der Waals surface area contributed by atoms with Crippen LogP contribution < -0.4 is 0 Å². The number of halogens is 1. The van der Waals surface area contributed by atoms with E-state index in [9.17, 15) is 8.42 Å². The number of rotatable bonds is 3. The molecule has 1 aliphatic carbocycles. The summed E-state index contributed by atoms with van der Waals surface area (Å²) in [5.74, 6) is 0.708. The Balaban J connectivity index is 2.44. The summed E-state index contributed by atoms with van der Waals surface area (Å²) in [7, 11) is 1.56. The van der Waals surface area contributed by atoms with Gasteiger partial charge < -0.3 is 0 Å². The first-order chi connectivity index (χ1) is 7.68. The Hall–Kier alpha value is -0.620. The van der Waals surface area contributed by atoms with Crippen molar-refractivity contribution in [1.29, 1.82) is 0 Å². The fourth-order valence-electron chi connectivity index (χ4n) is 1.77. The summed E-state index contributed by atoms with van der Waals surface area (Å²) in [6, 6.07) is 0.200. The van der Waals surface area contributed by atoms with E-state index in [1.54, 1.807) is 4.57 Å². The van der Waals surface area contributed by atoms with Crippen molar-refractivity contribution in [2.45, 2.75) is 51.2 Å². The molecule has 0 bridgehead atoms. The first kappa shape index (κ1) is 12.8. The molecule has 0 saturated heterocycles. The van der Waals surface area contributed by atoms with E-state index in [-0.39, 0.29) is 16.6 Å². The first-order valence-electron chi connectivity index (χ1n) is 5.57. The second kappa shape index (κ2) is 3.95. The summed E-state index contributed by atoms with van der Waals surface area (Å²) in [5.41, 5.74) is 0.0347. The molecule has 17 heavy (non-hydrogen) atoms. The molecule has 0 atom stereocenters. The van der Waals surface area contributed by atoms with Crippen LogP contribution >= 0.6 is 10.7 Å². The Labute approximate surface area is 106 Å². The Morgan fingerprint density at radius 3 is 2.35 bits per heavy atom. The third-order valence-corrected chi connectivity index (χ3v) is 3.68. The normalized spacial score (nSPS) is 17.4. The number of nitrogens with zero attached hydrogens (tertiary/aromatic N) is 3. The molecule has 7 heteroatoms. The van der Waals surface area contributed by atoms with E-state index < -0.39 is 9.05 Å². The summed E-state index contributed by atoms with van der Waals surface area (Å²) >= 11 is 0. The Kier molecular flexibility index (Phi) is 2.98. The lowest BCUT2D eigenvalue weighted by atomic mass is 9.92. The van der Waals surface area contributed by atoms with Gasteiger partial charge in [-0.25, -0.2) is 8.42 Å². The molecule has 96 valence electrons. The maximum atomic E-state index is 11.4. The van der Waals surface area contributed by atoms with Crippen molar-refractivity contribution in [2.75, 3.05) is 0 Å². The number of hydrogen-bond acceptors (Lipinski definition) is 4. The molecule has 1 aromatic heterocycles. The minimum absolute atomic E-state index is 0.0347. The smallest absolute Gasteiger partial charge is 0.296 e. The summed E-state index contributed by atoms with van der Waals surface area (Å²) < 4.78 is 24.5. The van der Waals surface area contributed by atoms with Crippen LogP contribution in [0.3, 0.4) is 0 Å². The molecule has 1 fully saturated rings. The molecule has 0 spiro atoms. The van der Waals surface area contributed by atoms with Crippen LogP contribution in [-0.4, -0.2) is 23.2 Å². The van der Waals surface area contributed by atoms with Gasteiger partial charge in [-0.05, 0) is 18.3 Å². The van der Waals surface area contributed by atoms with Gasteiger partial charge >= 0.3 is 0 Å². The van der Waals surface area contributed by atoms with Crippen LogP contribution in [0, 0.1) is 5.41 Å². The van der Waals surface area contributed by atoms with Gasteiger partial charge in [0.15, 0.2) is 0 Å². The zero-order valence-electron chi connectivity index (χ0n) is 10.1. The zero-order valence-corrected chi connectivity index (χ0v) is 11.7. The average Bonchev–Trinajstić information content (AvgIpc) is 2.84. The molecular formula is C10H16ClN3O2S. The summed E-state index contributed by atoms with van der Waals surface area (Å²) in [5, 5.41) is 7.59. The van der Waals surface area contributed by atoms with E-state index in [1.807, 2.05) is 0 Å². The second-order valence-electron chi connectivity index (χ2n) is 5.68. The SMILES string of the molecule is CC(C)(C)Cc1nnc(S(=O)(=O)Cl)n1C1CC1. The molecule has 0 N–H and O–H groups in total. The topological polar surface area (TPSA) is 64.8 Å². The molecule has 1 aromatic rings. The molecule has 5 nitrogen and oxygen atoms in total. The van der Waals surface area contributed by atoms with Gasteiger partial charge in [0.25, 0.3) is 14.2 Å². The van der Waals surface area contributed by atoms with Crippen molar-refractivity contribution in [3.63, 3.8) is 0 Å². The maximum Gasteiger partial charge on any atom is 0.296 e. The van der Waals surface area contributed by atoms with Crippen molar-refractivity contribution in [2.24, 2.45) is 5.41 Å². The third kappa shape index (κ3) is 2.98. The highest BCUT2D eigenvalue weighted by atomic mass is 35.7. The van der Waals surface area contributed by atoms with Crippen molar-refractivity contribution < 1.29 is 8.42 Å². The molecular weight excluding hydrogens is 262 g/mol.